The van der Waals surface area contributed by atoms with E-state index < -0.39 is 0 Å². The molecule has 1 heterocycles. The summed E-state index contributed by atoms with van der Waals surface area (Å²) in [5.41, 5.74) is 0.500. The zero-order valence-electron chi connectivity index (χ0n) is 8.24. The van der Waals surface area contributed by atoms with Crippen LogP contribution in [0.5, 0.6) is 0 Å². The van der Waals surface area contributed by atoms with E-state index in [0.29, 0.717) is 17.1 Å². The molecule has 1 aromatic carbocycles. The van der Waals surface area contributed by atoms with Crippen LogP contribution in [-0.2, 0) is 6.54 Å². The van der Waals surface area contributed by atoms with Crippen molar-refractivity contribution in [3.05, 3.63) is 52.8 Å². The Morgan fingerprint density at radius 3 is 2.87 bits per heavy atom. The van der Waals surface area contributed by atoms with Crippen molar-refractivity contribution >= 4 is 11.6 Å². The van der Waals surface area contributed by atoms with Crippen molar-refractivity contribution in [2.45, 2.75) is 13.5 Å². The number of nitrogens with zero attached hydrogens (tertiary/aromatic N) is 2. The van der Waals surface area contributed by atoms with Crippen LogP contribution in [0.3, 0.4) is 0 Å². The second-order valence-corrected chi connectivity index (χ2v) is 3.71. The molecule has 78 valence electrons. The smallest absolute Gasteiger partial charge is 0.129 e. The highest BCUT2D eigenvalue weighted by Gasteiger charge is 2.08. The van der Waals surface area contributed by atoms with Crippen molar-refractivity contribution in [1.82, 2.24) is 9.55 Å². The molecule has 0 radical (unpaired) electrons. The summed E-state index contributed by atoms with van der Waals surface area (Å²) in [5.74, 6) is 0.560. The Labute approximate surface area is 92.3 Å². The van der Waals surface area contributed by atoms with Crippen molar-refractivity contribution in [1.29, 1.82) is 0 Å². The van der Waals surface area contributed by atoms with Crippen LogP contribution in [0.2, 0.25) is 5.02 Å². The van der Waals surface area contributed by atoms with Gasteiger partial charge in [0, 0.05) is 23.0 Å². The number of aromatic nitrogens is 2. The van der Waals surface area contributed by atoms with Gasteiger partial charge in [0.1, 0.15) is 11.6 Å². The predicted octanol–water partition coefficient (Wildman–Crippen LogP) is 3.03. The lowest BCUT2D eigenvalue weighted by Crippen LogP contribution is -2.03. The number of imidazole rings is 1. The summed E-state index contributed by atoms with van der Waals surface area (Å²) >= 11 is 5.93. The summed E-state index contributed by atoms with van der Waals surface area (Å²) in [5, 5.41) is 0.447. The molecule has 0 saturated heterocycles. The van der Waals surface area contributed by atoms with Crippen molar-refractivity contribution < 1.29 is 4.39 Å². The molecule has 0 amide bonds. The van der Waals surface area contributed by atoms with Gasteiger partial charge in [0.15, 0.2) is 0 Å². The number of aryl methyl sites for hydroxylation is 1. The van der Waals surface area contributed by atoms with Gasteiger partial charge in [0.2, 0.25) is 0 Å². The minimum absolute atomic E-state index is 0.282. The average Bonchev–Trinajstić information content (AvgIpc) is 2.58. The number of hydrogen-bond acceptors (Lipinski definition) is 1. The molecule has 1 aromatic heterocycles. The maximum atomic E-state index is 13.5. The van der Waals surface area contributed by atoms with E-state index in [4.69, 9.17) is 11.6 Å². The van der Waals surface area contributed by atoms with E-state index in [2.05, 4.69) is 4.98 Å². The zero-order valence-corrected chi connectivity index (χ0v) is 9.00. The third kappa shape index (κ3) is 2.02. The number of benzene rings is 1. The van der Waals surface area contributed by atoms with E-state index in [1.807, 2.05) is 11.5 Å². The normalized spacial score (nSPS) is 10.6. The second-order valence-electron chi connectivity index (χ2n) is 3.30. The Morgan fingerprint density at radius 1 is 1.47 bits per heavy atom. The minimum Gasteiger partial charge on any atom is -0.331 e. The number of hydrogen-bond donors (Lipinski definition) is 0. The van der Waals surface area contributed by atoms with E-state index in [0.717, 1.165) is 5.82 Å². The number of rotatable bonds is 2. The fourth-order valence-corrected chi connectivity index (χ4v) is 1.65. The van der Waals surface area contributed by atoms with Gasteiger partial charge < -0.3 is 4.57 Å². The fourth-order valence-electron chi connectivity index (χ4n) is 1.42. The van der Waals surface area contributed by atoms with E-state index in [9.17, 15) is 4.39 Å². The van der Waals surface area contributed by atoms with Gasteiger partial charge in [-0.25, -0.2) is 9.37 Å². The van der Waals surface area contributed by atoms with Crippen LogP contribution >= 0.6 is 11.6 Å². The first-order valence-electron chi connectivity index (χ1n) is 4.59. The Morgan fingerprint density at radius 2 is 2.27 bits per heavy atom. The molecule has 2 nitrogen and oxygen atoms in total. The zero-order chi connectivity index (χ0) is 10.8. The molecule has 0 aliphatic heterocycles. The molecule has 0 saturated carbocycles. The molecule has 0 unspecified atom stereocenters. The van der Waals surface area contributed by atoms with Crippen LogP contribution in [0.4, 0.5) is 4.39 Å². The molecule has 0 aliphatic rings. The number of halogens is 2. The third-order valence-corrected chi connectivity index (χ3v) is 2.67. The van der Waals surface area contributed by atoms with Crippen LogP contribution in [0.15, 0.2) is 30.6 Å². The Kier molecular flexibility index (Phi) is 2.73. The van der Waals surface area contributed by atoms with Crippen LogP contribution in [0.25, 0.3) is 0 Å². The summed E-state index contributed by atoms with van der Waals surface area (Å²) in [6.07, 6.45) is 3.49. The molecule has 4 heteroatoms. The first-order chi connectivity index (χ1) is 7.18. The van der Waals surface area contributed by atoms with E-state index in [1.54, 1.807) is 24.5 Å². The van der Waals surface area contributed by atoms with E-state index in [1.165, 1.54) is 6.07 Å². The summed E-state index contributed by atoms with van der Waals surface area (Å²) in [7, 11) is 0. The van der Waals surface area contributed by atoms with Gasteiger partial charge in [-0.05, 0) is 19.1 Å². The van der Waals surface area contributed by atoms with Crippen LogP contribution < -0.4 is 0 Å². The molecule has 2 rings (SSSR count). The quantitative estimate of drug-likeness (QED) is 0.767. The highest BCUT2D eigenvalue weighted by atomic mass is 35.5. The van der Waals surface area contributed by atoms with Crippen LogP contribution in [0.1, 0.15) is 11.4 Å². The van der Waals surface area contributed by atoms with Crippen LogP contribution in [0, 0.1) is 12.7 Å². The van der Waals surface area contributed by atoms with E-state index in [-0.39, 0.29) is 5.82 Å². The van der Waals surface area contributed by atoms with Gasteiger partial charge in [0.25, 0.3) is 0 Å². The van der Waals surface area contributed by atoms with Gasteiger partial charge in [-0.2, -0.15) is 0 Å². The van der Waals surface area contributed by atoms with Gasteiger partial charge >= 0.3 is 0 Å². The molecule has 0 atom stereocenters. The van der Waals surface area contributed by atoms with Crippen molar-refractivity contribution in [2.24, 2.45) is 0 Å². The largest absolute Gasteiger partial charge is 0.331 e. The summed E-state index contributed by atoms with van der Waals surface area (Å²) in [6, 6.07) is 4.70. The fraction of sp³-hybridized carbons (Fsp3) is 0.182. The maximum Gasteiger partial charge on any atom is 0.129 e. The third-order valence-electron chi connectivity index (χ3n) is 2.31. The average molecular weight is 225 g/mol. The molecular weight excluding hydrogens is 215 g/mol. The molecule has 0 aliphatic carbocycles. The van der Waals surface area contributed by atoms with E-state index >= 15 is 0 Å². The molecule has 0 bridgehead atoms. The van der Waals surface area contributed by atoms with Gasteiger partial charge in [-0.1, -0.05) is 17.7 Å². The first kappa shape index (κ1) is 10.2. The minimum atomic E-state index is -0.282. The molecule has 2 aromatic rings. The molecule has 15 heavy (non-hydrogen) atoms. The Hall–Kier alpha value is -1.35. The van der Waals surface area contributed by atoms with Crippen molar-refractivity contribution in [3.63, 3.8) is 0 Å². The molecular formula is C11H10ClFN2. The lowest BCUT2D eigenvalue weighted by molar-refractivity contribution is 0.597. The summed E-state index contributed by atoms with van der Waals surface area (Å²) < 4.78 is 15.3. The molecule has 0 fully saturated rings. The van der Waals surface area contributed by atoms with Gasteiger partial charge in [0.05, 0.1) is 6.54 Å². The maximum absolute atomic E-state index is 13.5. The summed E-state index contributed by atoms with van der Waals surface area (Å²) in [6.45, 7) is 2.28. The highest BCUT2D eigenvalue weighted by molar-refractivity contribution is 6.31. The Bertz CT molecular complexity index is 459. The second kappa shape index (κ2) is 4.03. The van der Waals surface area contributed by atoms with Crippen molar-refractivity contribution in [2.75, 3.05) is 0 Å². The standard InChI is InChI=1S/C11H10ClFN2/c1-8-14-5-6-15(8)7-9-10(12)3-2-4-11(9)13/h2-6H,7H2,1H3. The summed E-state index contributed by atoms with van der Waals surface area (Å²) in [4.78, 5) is 4.07. The SMILES string of the molecule is Cc1nccn1Cc1c(F)cccc1Cl. The van der Waals surface area contributed by atoms with Gasteiger partial charge in [-0.3, -0.25) is 0 Å². The van der Waals surface area contributed by atoms with Crippen LogP contribution in [-0.4, -0.2) is 9.55 Å². The Balaban J connectivity index is 2.36. The topological polar surface area (TPSA) is 17.8 Å². The first-order valence-corrected chi connectivity index (χ1v) is 4.97. The lowest BCUT2D eigenvalue weighted by atomic mass is 10.2. The molecule has 0 N–H and O–H groups in total. The predicted molar refractivity (Wildman–Crippen MR) is 57.5 cm³/mol. The highest BCUT2D eigenvalue weighted by Crippen LogP contribution is 2.20. The monoisotopic (exact) mass is 224 g/mol. The lowest BCUT2D eigenvalue weighted by Gasteiger charge is -2.08. The van der Waals surface area contributed by atoms with Gasteiger partial charge in [-0.15, -0.1) is 0 Å². The molecule has 0 spiro atoms. The van der Waals surface area contributed by atoms with Crippen molar-refractivity contribution in [3.8, 4) is 0 Å².